The lowest BCUT2D eigenvalue weighted by Crippen LogP contribution is -2.11. The largest absolute Gasteiger partial charge is 0.504 e. The van der Waals surface area contributed by atoms with Crippen molar-refractivity contribution in [2.45, 2.75) is 31.8 Å². The summed E-state index contributed by atoms with van der Waals surface area (Å²) in [5.74, 6) is 1.37. The van der Waals surface area contributed by atoms with E-state index in [0.717, 1.165) is 12.8 Å². The molecule has 1 fully saturated rings. The normalized spacial score (nSPS) is 16.3. The number of hydrogen-bond acceptors (Lipinski definition) is 4. The van der Waals surface area contributed by atoms with Gasteiger partial charge in [0.2, 0.25) is 5.75 Å². The summed E-state index contributed by atoms with van der Waals surface area (Å²) in [5, 5.41) is 10.3. The summed E-state index contributed by atoms with van der Waals surface area (Å²) in [6.45, 7) is 0. The highest BCUT2D eigenvalue weighted by Crippen LogP contribution is 2.41. The van der Waals surface area contributed by atoms with Gasteiger partial charge in [0.15, 0.2) is 17.1 Å². The van der Waals surface area contributed by atoms with Crippen molar-refractivity contribution in [1.29, 1.82) is 0 Å². The SMILES string of the molecule is COc1ccc2c(O)coc2c1OC1CCCC1. The van der Waals surface area contributed by atoms with Gasteiger partial charge in [0.1, 0.15) is 6.26 Å². The van der Waals surface area contributed by atoms with Crippen LogP contribution in [0.1, 0.15) is 25.7 Å². The van der Waals surface area contributed by atoms with Gasteiger partial charge in [-0.25, -0.2) is 0 Å². The molecular weight excluding hydrogens is 232 g/mol. The summed E-state index contributed by atoms with van der Waals surface area (Å²) in [6.07, 6.45) is 6.07. The third kappa shape index (κ3) is 1.78. The molecule has 0 saturated heterocycles. The zero-order chi connectivity index (χ0) is 12.5. The van der Waals surface area contributed by atoms with Gasteiger partial charge in [0, 0.05) is 0 Å². The molecule has 96 valence electrons. The summed E-state index contributed by atoms with van der Waals surface area (Å²) in [4.78, 5) is 0. The van der Waals surface area contributed by atoms with E-state index >= 15 is 0 Å². The number of ether oxygens (including phenoxy) is 2. The van der Waals surface area contributed by atoms with Crippen molar-refractivity contribution in [3.8, 4) is 17.2 Å². The van der Waals surface area contributed by atoms with Gasteiger partial charge in [-0.3, -0.25) is 0 Å². The van der Waals surface area contributed by atoms with Crippen LogP contribution in [0.15, 0.2) is 22.8 Å². The Hall–Kier alpha value is -1.84. The highest BCUT2D eigenvalue weighted by Gasteiger charge is 2.22. The van der Waals surface area contributed by atoms with Crippen LogP contribution >= 0.6 is 0 Å². The number of aromatic hydroxyl groups is 1. The van der Waals surface area contributed by atoms with Crippen LogP contribution in [0.5, 0.6) is 17.2 Å². The predicted octanol–water partition coefficient (Wildman–Crippen LogP) is 3.47. The van der Waals surface area contributed by atoms with Gasteiger partial charge in [-0.15, -0.1) is 0 Å². The van der Waals surface area contributed by atoms with E-state index in [0.29, 0.717) is 22.5 Å². The molecule has 4 nitrogen and oxygen atoms in total. The quantitative estimate of drug-likeness (QED) is 0.903. The Labute approximate surface area is 105 Å². The van der Waals surface area contributed by atoms with Gasteiger partial charge in [0.05, 0.1) is 18.6 Å². The molecule has 1 aliphatic rings. The van der Waals surface area contributed by atoms with E-state index in [1.54, 1.807) is 19.2 Å². The Bertz CT molecular complexity index is 552. The van der Waals surface area contributed by atoms with Crippen molar-refractivity contribution < 1.29 is 19.0 Å². The fourth-order valence-electron chi connectivity index (χ4n) is 2.49. The fourth-order valence-corrected chi connectivity index (χ4v) is 2.49. The lowest BCUT2D eigenvalue weighted by atomic mass is 10.2. The molecule has 0 bridgehead atoms. The highest BCUT2D eigenvalue weighted by atomic mass is 16.5. The molecule has 2 aromatic rings. The highest BCUT2D eigenvalue weighted by molar-refractivity contribution is 5.90. The van der Waals surface area contributed by atoms with Gasteiger partial charge in [-0.05, 0) is 37.8 Å². The van der Waals surface area contributed by atoms with Crippen LogP contribution in [0.25, 0.3) is 11.0 Å². The lowest BCUT2D eigenvalue weighted by Gasteiger charge is -2.15. The summed E-state index contributed by atoms with van der Waals surface area (Å²) in [5.41, 5.74) is 0.554. The Morgan fingerprint density at radius 3 is 2.78 bits per heavy atom. The minimum absolute atomic E-state index is 0.129. The number of rotatable bonds is 3. The van der Waals surface area contributed by atoms with Crippen LogP contribution in [-0.2, 0) is 0 Å². The van der Waals surface area contributed by atoms with Crippen LogP contribution in [0, 0.1) is 0 Å². The second-order valence-corrected chi connectivity index (χ2v) is 4.62. The van der Waals surface area contributed by atoms with Crippen LogP contribution in [-0.4, -0.2) is 18.3 Å². The molecular formula is C14H16O4. The number of hydrogen-bond donors (Lipinski definition) is 1. The summed E-state index contributed by atoms with van der Waals surface area (Å²) >= 11 is 0. The first-order valence-corrected chi connectivity index (χ1v) is 6.23. The Kier molecular flexibility index (Phi) is 2.78. The van der Waals surface area contributed by atoms with Gasteiger partial charge < -0.3 is 19.0 Å². The third-order valence-electron chi connectivity index (χ3n) is 3.45. The number of furan rings is 1. The number of fused-ring (bicyclic) bond motifs is 1. The van der Waals surface area contributed by atoms with Crippen molar-refractivity contribution in [3.63, 3.8) is 0 Å². The van der Waals surface area contributed by atoms with Crippen molar-refractivity contribution in [3.05, 3.63) is 18.4 Å². The average Bonchev–Trinajstić information content (AvgIpc) is 3.00. The zero-order valence-electron chi connectivity index (χ0n) is 10.3. The molecule has 0 aliphatic heterocycles. The van der Waals surface area contributed by atoms with Gasteiger partial charge in [0.25, 0.3) is 0 Å². The van der Waals surface area contributed by atoms with E-state index in [9.17, 15) is 5.11 Å². The molecule has 1 heterocycles. The van der Waals surface area contributed by atoms with Crippen molar-refractivity contribution >= 4 is 11.0 Å². The van der Waals surface area contributed by atoms with E-state index < -0.39 is 0 Å². The van der Waals surface area contributed by atoms with Crippen LogP contribution < -0.4 is 9.47 Å². The first-order chi connectivity index (χ1) is 8.79. The van der Waals surface area contributed by atoms with Crippen LogP contribution in [0.4, 0.5) is 0 Å². The summed E-state index contributed by atoms with van der Waals surface area (Å²) < 4.78 is 16.7. The van der Waals surface area contributed by atoms with Gasteiger partial charge >= 0.3 is 0 Å². The van der Waals surface area contributed by atoms with E-state index in [1.807, 2.05) is 0 Å². The number of benzene rings is 1. The van der Waals surface area contributed by atoms with Crippen molar-refractivity contribution in [2.24, 2.45) is 0 Å². The molecule has 1 aromatic heterocycles. The molecule has 18 heavy (non-hydrogen) atoms. The van der Waals surface area contributed by atoms with E-state index in [4.69, 9.17) is 13.9 Å². The Morgan fingerprint density at radius 1 is 1.28 bits per heavy atom. The van der Waals surface area contributed by atoms with Gasteiger partial charge in [-0.2, -0.15) is 0 Å². The molecule has 1 aromatic carbocycles. The zero-order valence-corrected chi connectivity index (χ0v) is 10.3. The van der Waals surface area contributed by atoms with Crippen molar-refractivity contribution in [1.82, 2.24) is 0 Å². The maximum atomic E-state index is 9.67. The molecule has 0 radical (unpaired) electrons. The molecule has 3 rings (SSSR count). The predicted molar refractivity (Wildman–Crippen MR) is 67.3 cm³/mol. The third-order valence-corrected chi connectivity index (χ3v) is 3.45. The fraction of sp³-hybridized carbons (Fsp3) is 0.429. The van der Waals surface area contributed by atoms with Gasteiger partial charge in [-0.1, -0.05) is 0 Å². The van der Waals surface area contributed by atoms with E-state index in [1.165, 1.54) is 19.1 Å². The summed E-state index contributed by atoms with van der Waals surface area (Å²) in [6, 6.07) is 3.57. The second kappa shape index (κ2) is 4.44. The monoisotopic (exact) mass is 248 g/mol. The van der Waals surface area contributed by atoms with Crippen LogP contribution in [0.3, 0.4) is 0 Å². The summed E-state index contributed by atoms with van der Waals surface area (Å²) in [7, 11) is 1.60. The lowest BCUT2D eigenvalue weighted by molar-refractivity contribution is 0.201. The minimum Gasteiger partial charge on any atom is -0.504 e. The first kappa shape index (κ1) is 11.3. The van der Waals surface area contributed by atoms with Crippen molar-refractivity contribution in [2.75, 3.05) is 7.11 Å². The maximum absolute atomic E-state index is 9.67. The maximum Gasteiger partial charge on any atom is 0.205 e. The molecule has 1 aliphatic carbocycles. The van der Waals surface area contributed by atoms with E-state index in [2.05, 4.69) is 0 Å². The Balaban J connectivity index is 2.05. The smallest absolute Gasteiger partial charge is 0.205 e. The molecule has 0 spiro atoms. The average molecular weight is 248 g/mol. The molecule has 0 unspecified atom stereocenters. The first-order valence-electron chi connectivity index (χ1n) is 6.23. The standard InChI is InChI=1S/C14H16O4/c1-16-12-7-6-10-11(15)8-17-13(10)14(12)18-9-4-2-3-5-9/h6-9,15H,2-5H2,1H3. The molecule has 0 atom stereocenters. The van der Waals surface area contributed by atoms with Crippen LogP contribution in [0.2, 0.25) is 0 Å². The van der Waals surface area contributed by atoms with E-state index in [-0.39, 0.29) is 11.9 Å². The molecule has 4 heteroatoms. The Morgan fingerprint density at radius 2 is 2.06 bits per heavy atom. The molecule has 1 N–H and O–H groups in total. The topological polar surface area (TPSA) is 51.8 Å². The minimum atomic E-state index is 0.129. The second-order valence-electron chi connectivity index (χ2n) is 4.62. The molecule has 0 amide bonds. The number of methoxy groups -OCH3 is 1. The molecule has 1 saturated carbocycles.